The Morgan fingerprint density at radius 1 is 1.00 bits per heavy atom. The van der Waals surface area contributed by atoms with Gasteiger partial charge < -0.3 is 0 Å². The minimum atomic E-state index is 0.746. The van der Waals surface area contributed by atoms with Crippen molar-refractivity contribution in [1.82, 2.24) is 0 Å². The van der Waals surface area contributed by atoms with E-state index in [0.29, 0.717) is 0 Å². The fraction of sp³-hybridized carbons (Fsp3) is 0.867. The third-order valence-corrected chi connectivity index (χ3v) is 3.31. The van der Waals surface area contributed by atoms with Crippen LogP contribution in [-0.4, -0.2) is 0 Å². The van der Waals surface area contributed by atoms with Crippen LogP contribution in [-0.2, 0) is 0 Å². The van der Waals surface area contributed by atoms with Crippen LogP contribution in [0.25, 0.3) is 0 Å². The molecule has 15 heavy (non-hydrogen) atoms. The van der Waals surface area contributed by atoms with E-state index in [1.807, 2.05) is 0 Å². The Morgan fingerprint density at radius 3 is 2.00 bits per heavy atom. The molecule has 0 heteroatoms. The molecule has 0 amide bonds. The van der Waals surface area contributed by atoms with Crippen molar-refractivity contribution < 1.29 is 0 Å². The molecule has 0 aliphatic rings. The van der Waals surface area contributed by atoms with Crippen molar-refractivity contribution in [2.24, 2.45) is 11.8 Å². The van der Waals surface area contributed by atoms with E-state index in [1.54, 1.807) is 0 Å². The second-order valence-corrected chi connectivity index (χ2v) is 5.25. The van der Waals surface area contributed by atoms with Crippen LogP contribution in [0.3, 0.4) is 0 Å². The van der Waals surface area contributed by atoms with Gasteiger partial charge in [0.2, 0.25) is 0 Å². The average molecular weight is 210 g/mol. The summed E-state index contributed by atoms with van der Waals surface area (Å²) in [5, 5.41) is 0. The van der Waals surface area contributed by atoms with E-state index < -0.39 is 0 Å². The van der Waals surface area contributed by atoms with E-state index >= 15 is 0 Å². The Hall–Kier alpha value is -0.260. The van der Waals surface area contributed by atoms with Crippen LogP contribution in [0, 0.1) is 11.8 Å². The first kappa shape index (κ1) is 14.7. The van der Waals surface area contributed by atoms with Gasteiger partial charge in [0.25, 0.3) is 0 Å². The predicted molar refractivity (Wildman–Crippen MR) is 71.1 cm³/mol. The largest absolute Gasteiger partial charge is 0.0999 e. The van der Waals surface area contributed by atoms with Gasteiger partial charge in [-0.15, -0.1) is 0 Å². The number of hydrogen-bond acceptors (Lipinski definition) is 0. The molecule has 0 heterocycles. The van der Waals surface area contributed by atoms with Gasteiger partial charge in [0.05, 0.1) is 0 Å². The molecule has 0 rings (SSSR count). The summed E-state index contributed by atoms with van der Waals surface area (Å²) < 4.78 is 0. The average Bonchev–Trinajstić information content (AvgIpc) is 2.15. The molecule has 0 spiro atoms. The molecule has 0 saturated carbocycles. The summed E-state index contributed by atoms with van der Waals surface area (Å²) in [6.07, 6.45) is 9.76. The smallest absolute Gasteiger partial charge is 0.0186 e. The zero-order valence-corrected chi connectivity index (χ0v) is 11.3. The Bertz CT molecular complexity index is 155. The van der Waals surface area contributed by atoms with E-state index in [1.165, 1.54) is 50.5 Å². The summed E-state index contributed by atoms with van der Waals surface area (Å²) in [5.74, 6) is 1.51. The maximum atomic E-state index is 4.11. The normalized spacial score (nSPS) is 13.1. The lowest BCUT2D eigenvalue weighted by molar-refractivity contribution is 0.396. The molecule has 0 saturated heterocycles. The summed E-state index contributed by atoms with van der Waals surface area (Å²) in [6.45, 7) is 13.2. The van der Waals surface area contributed by atoms with Gasteiger partial charge >= 0.3 is 0 Å². The fourth-order valence-electron chi connectivity index (χ4n) is 2.29. The van der Waals surface area contributed by atoms with E-state index in [-0.39, 0.29) is 0 Å². The topological polar surface area (TPSA) is 0 Å². The molecular weight excluding hydrogens is 180 g/mol. The van der Waals surface area contributed by atoms with E-state index in [9.17, 15) is 0 Å². The second-order valence-electron chi connectivity index (χ2n) is 5.25. The van der Waals surface area contributed by atoms with Crippen molar-refractivity contribution in [2.75, 3.05) is 0 Å². The molecule has 90 valence electrons. The van der Waals surface area contributed by atoms with Crippen molar-refractivity contribution in [1.29, 1.82) is 0 Å². The highest BCUT2D eigenvalue weighted by Crippen LogP contribution is 2.25. The van der Waals surface area contributed by atoms with Gasteiger partial charge in [-0.1, -0.05) is 71.4 Å². The Morgan fingerprint density at radius 2 is 1.53 bits per heavy atom. The van der Waals surface area contributed by atoms with E-state index in [2.05, 4.69) is 34.3 Å². The Labute approximate surface area is 97.2 Å². The second kappa shape index (κ2) is 9.00. The highest BCUT2D eigenvalue weighted by Gasteiger charge is 2.12. The summed E-state index contributed by atoms with van der Waals surface area (Å²) in [4.78, 5) is 0. The van der Waals surface area contributed by atoms with E-state index in [0.717, 1.165) is 11.8 Å². The minimum absolute atomic E-state index is 0.746. The van der Waals surface area contributed by atoms with Gasteiger partial charge in [0, 0.05) is 0 Å². The third kappa shape index (κ3) is 7.64. The van der Waals surface area contributed by atoms with Gasteiger partial charge in [0.1, 0.15) is 0 Å². The SMILES string of the molecule is C=C(C)C(CCCCCCCC)C(C)C. The molecule has 0 fully saturated rings. The van der Waals surface area contributed by atoms with Crippen molar-refractivity contribution >= 4 is 0 Å². The van der Waals surface area contributed by atoms with Crippen molar-refractivity contribution in [3.63, 3.8) is 0 Å². The summed E-state index contributed by atoms with van der Waals surface area (Å²) in [7, 11) is 0. The quantitative estimate of drug-likeness (QED) is 0.344. The summed E-state index contributed by atoms with van der Waals surface area (Å²) in [5.41, 5.74) is 1.37. The summed E-state index contributed by atoms with van der Waals surface area (Å²) in [6, 6.07) is 0. The first-order valence-electron chi connectivity index (χ1n) is 6.75. The predicted octanol–water partition coefficient (Wildman–Crippen LogP) is 5.59. The molecule has 0 nitrogen and oxygen atoms in total. The van der Waals surface area contributed by atoms with Crippen LogP contribution in [0.1, 0.15) is 72.6 Å². The Balaban J connectivity index is 3.50. The lowest BCUT2D eigenvalue weighted by atomic mass is 9.85. The minimum Gasteiger partial charge on any atom is -0.0999 e. The van der Waals surface area contributed by atoms with Crippen molar-refractivity contribution in [3.05, 3.63) is 12.2 Å². The van der Waals surface area contributed by atoms with Gasteiger partial charge in [-0.2, -0.15) is 0 Å². The summed E-state index contributed by atoms with van der Waals surface area (Å²) >= 11 is 0. The molecule has 1 atom stereocenters. The Kier molecular flexibility index (Phi) is 8.85. The third-order valence-electron chi connectivity index (χ3n) is 3.31. The monoisotopic (exact) mass is 210 g/mol. The zero-order chi connectivity index (χ0) is 11.7. The van der Waals surface area contributed by atoms with Crippen molar-refractivity contribution in [2.45, 2.75) is 72.6 Å². The molecule has 0 aliphatic carbocycles. The molecule has 1 unspecified atom stereocenters. The molecule has 0 aliphatic heterocycles. The number of rotatable bonds is 9. The van der Waals surface area contributed by atoms with Crippen LogP contribution in [0.15, 0.2) is 12.2 Å². The number of allylic oxidation sites excluding steroid dienone is 1. The van der Waals surface area contributed by atoms with Crippen LogP contribution in [0.2, 0.25) is 0 Å². The van der Waals surface area contributed by atoms with Gasteiger partial charge in [-0.25, -0.2) is 0 Å². The first-order chi connectivity index (χ1) is 7.09. The highest BCUT2D eigenvalue weighted by molar-refractivity contribution is 4.97. The van der Waals surface area contributed by atoms with Crippen LogP contribution in [0.5, 0.6) is 0 Å². The van der Waals surface area contributed by atoms with Crippen molar-refractivity contribution in [3.8, 4) is 0 Å². The molecule has 0 radical (unpaired) electrons. The molecule has 0 bridgehead atoms. The van der Waals surface area contributed by atoms with Gasteiger partial charge in [0.15, 0.2) is 0 Å². The maximum absolute atomic E-state index is 4.11. The fourth-order valence-corrected chi connectivity index (χ4v) is 2.29. The molecular formula is C15H30. The molecule has 0 aromatic carbocycles. The molecule has 0 aromatic heterocycles. The van der Waals surface area contributed by atoms with Crippen LogP contribution < -0.4 is 0 Å². The first-order valence-corrected chi connectivity index (χ1v) is 6.75. The number of unbranched alkanes of at least 4 members (excludes halogenated alkanes) is 5. The highest BCUT2D eigenvalue weighted by atomic mass is 14.2. The van der Waals surface area contributed by atoms with E-state index in [4.69, 9.17) is 0 Å². The molecule has 0 aromatic rings. The van der Waals surface area contributed by atoms with Gasteiger partial charge in [-0.05, 0) is 25.2 Å². The standard InChI is InChI=1S/C15H30/c1-6-7-8-9-10-11-12-15(13(2)3)14(4)5/h14-15H,2,6-12H2,1,3-5H3. The maximum Gasteiger partial charge on any atom is -0.0186 e. The number of hydrogen-bond donors (Lipinski definition) is 0. The zero-order valence-electron chi connectivity index (χ0n) is 11.3. The van der Waals surface area contributed by atoms with Gasteiger partial charge in [-0.3, -0.25) is 0 Å². The molecule has 0 N–H and O–H groups in total. The lowest BCUT2D eigenvalue weighted by Crippen LogP contribution is -2.09. The van der Waals surface area contributed by atoms with Crippen LogP contribution in [0.4, 0.5) is 0 Å². The van der Waals surface area contributed by atoms with Crippen LogP contribution >= 0.6 is 0 Å². The lowest BCUT2D eigenvalue weighted by Gasteiger charge is -2.20.